The first-order valence-corrected chi connectivity index (χ1v) is 9.25. The Morgan fingerprint density at radius 1 is 1.11 bits per heavy atom. The molecule has 0 saturated carbocycles. The monoisotopic (exact) mass is 413 g/mol. The first kappa shape index (κ1) is 19.6. The van der Waals surface area contributed by atoms with Crippen LogP contribution in [0.5, 0.6) is 5.75 Å². The predicted molar refractivity (Wildman–Crippen MR) is 97.8 cm³/mol. The normalized spacial score (nSPS) is 11.6. The SMILES string of the molecule is Cn1c(COc2cccc(C(F)(F)F)c2)nnc1SCc1ccccc1Cl. The molecule has 4 nitrogen and oxygen atoms in total. The summed E-state index contributed by atoms with van der Waals surface area (Å²) in [7, 11) is 1.78. The summed E-state index contributed by atoms with van der Waals surface area (Å²) in [5.74, 6) is 1.26. The molecule has 0 N–H and O–H groups in total. The summed E-state index contributed by atoms with van der Waals surface area (Å²) in [5.41, 5.74) is 0.225. The second-order valence-corrected chi connectivity index (χ2v) is 7.00. The minimum absolute atomic E-state index is 0.0114. The van der Waals surface area contributed by atoms with E-state index in [1.165, 1.54) is 23.9 Å². The first-order chi connectivity index (χ1) is 12.8. The number of halogens is 4. The van der Waals surface area contributed by atoms with Gasteiger partial charge in [0.1, 0.15) is 12.4 Å². The molecular weight excluding hydrogens is 399 g/mol. The molecule has 0 saturated heterocycles. The Hall–Kier alpha value is -2.19. The zero-order chi connectivity index (χ0) is 19.4. The van der Waals surface area contributed by atoms with E-state index in [1.54, 1.807) is 11.6 Å². The lowest BCUT2D eigenvalue weighted by Crippen LogP contribution is -2.07. The zero-order valence-corrected chi connectivity index (χ0v) is 15.8. The van der Waals surface area contributed by atoms with Gasteiger partial charge in [0.25, 0.3) is 0 Å². The summed E-state index contributed by atoms with van der Waals surface area (Å²) in [6.07, 6.45) is -4.41. The topological polar surface area (TPSA) is 39.9 Å². The van der Waals surface area contributed by atoms with Gasteiger partial charge in [-0.2, -0.15) is 13.2 Å². The van der Waals surface area contributed by atoms with Gasteiger partial charge >= 0.3 is 6.18 Å². The third kappa shape index (κ3) is 4.95. The molecule has 0 radical (unpaired) electrons. The molecule has 0 unspecified atom stereocenters. The molecule has 0 atom stereocenters. The molecule has 3 aromatic rings. The van der Waals surface area contributed by atoms with E-state index in [-0.39, 0.29) is 12.4 Å². The van der Waals surface area contributed by atoms with Gasteiger partial charge in [0, 0.05) is 17.8 Å². The van der Waals surface area contributed by atoms with E-state index in [0.717, 1.165) is 17.7 Å². The lowest BCUT2D eigenvalue weighted by molar-refractivity contribution is -0.137. The van der Waals surface area contributed by atoms with Crippen molar-refractivity contribution >= 4 is 23.4 Å². The Kier molecular flexibility index (Phi) is 5.96. The molecule has 3 rings (SSSR count). The van der Waals surface area contributed by atoms with Crippen molar-refractivity contribution in [2.45, 2.75) is 23.7 Å². The number of aromatic nitrogens is 3. The zero-order valence-electron chi connectivity index (χ0n) is 14.2. The molecule has 0 amide bonds. The van der Waals surface area contributed by atoms with Crippen molar-refractivity contribution in [3.05, 3.63) is 70.5 Å². The van der Waals surface area contributed by atoms with Crippen LogP contribution in [-0.2, 0) is 25.6 Å². The number of alkyl halides is 3. The standard InChI is InChI=1S/C18H15ClF3N3OS/c1-25-16(10-26-14-7-4-6-13(9-14)18(20,21)22)23-24-17(25)27-11-12-5-2-3-8-15(12)19/h2-9H,10-11H2,1H3. The number of nitrogens with zero attached hydrogens (tertiary/aromatic N) is 3. The van der Waals surface area contributed by atoms with E-state index in [9.17, 15) is 13.2 Å². The molecule has 142 valence electrons. The second-order valence-electron chi connectivity index (χ2n) is 5.65. The first-order valence-electron chi connectivity index (χ1n) is 7.89. The highest BCUT2D eigenvalue weighted by Gasteiger charge is 2.30. The number of thioether (sulfide) groups is 1. The van der Waals surface area contributed by atoms with Crippen molar-refractivity contribution in [1.82, 2.24) is 14.8 Å². The van der Waals surface area contributed by atoms with Crippen LogP contribution in [-0.4, -0.2) is 14.8 Å². The highest BCUT2D eigenvalue weighted by atomic mass is 35.5. The Bertz CT molecular complexity index is 930. The van der Waals surface area contributed by atoms with E-state index in [2.05, 4.69) is 10.2 Å². The van der Waals surface area contributed by atoms with E-state index >= 15 is 0 Å². The number of rotatable bonds is 6. The Labute approximate surface area is 163 Å². The van der Waals surface area contributed by atoms with Gasteiger partial charge in [0.15, 0.2) is 11.0 Å². The molecule has 0 spiro atoms. The van der Waals surface area contributed by atoms with Crippen LogP contribution >= 0.6 is 23.4 Å². The maximum atomic E-state index is 12.8. The fourth-order valence-corrected chi connectivity index (χ4v) is 3.48. The number of benzene rings is 2. The van der Waals surface area contributed by atoms with Gasteiger partial charge in [-0.05, 0) is 29.8 Å². The second kappa shape index (κ2) is 8.22. The van der Waals surface area contributed by atoms with E-state index in [4.69, 9.17) is 16.3 Å². The predicted octanol–water partition coefficient (Wildman–Crippen LogP) is 5.36. The third-order valence-electron chi connectivity index (χ3n) is 3.77. The van der Waals surface area contributed by atoms with Crippen LogP contribution in [0.25, 0.3) is 0 Å². The summed E-state index contributed by atoms with van der Waals surface area (Å²) in [6, 6.07) is 12.3. The third-order valence-corrected chi connectivity index (χ3v) is 5.21. The van der Waals surface area contributed by atoms with Gasteiger partial charge < -0.3 is 9.30 Å². The lowest BCUT2D eigenvalue weighted by Gasteiger charge is -2.10. The minimum Gasteiger partial charge on any atom is -0.486 e. The smallest absolute Gasteiger partial charge is 0.416 e. The van der Waals surface area contributed by atoms with Gasteiger partial charge in [-0.15, -0.1) is 10.2 Å². The molecule has 1 heterocycles. The number of ether oxygens (including phenoxy) is 1. The van der Waals surface area contributed by atoms with Crippen LogP contribution in [0.15, 0.2) is 53.7 Å². The van der Waals surface area contributed by atoms with Crippen molar-refractivity contribution in [3.8, 4) is 5.75 Å². The van der Waals surface area contributed by atoms with Crippen molar-refractivity contribution in [2.24, 2.45) is 7.05 Å². The maximum absolute atomic E-state index is 12.8. The highest BCUT2D eigenvalue weighted by molar-refractivity contribution is 7.98. The molecule has 0 aliphatic rings. The van der Waals surface area contributed by atoms with Crippen LogP contribution < -0.4 is 4.74 Å². The average Bonchev–Trinajstić information content (AvgIpc) is 2.99. The molecular formula is C18H15ClF3N3OS. The fraction of sp³-hybridized carbons (Fsp3) is 0.222. The molecule has 9 heteroatoms. The fourth-order valence-electron chi connectivity index (χ4n) is 2.26. The van der Waals surface area contributed by atoms with Gasteiger partial charge in [-0.1, -0.05) is 47.6 Å². The maximum Gasteiger partial charge on any atom is 0.416 e. The van der Waals surface area contributed by atoms with E-state index < -0.39 is 11.7 Å². The molecule has 0 bridgehead atoms. The molecule has 0 fully saturated rings. The largest absolute Gasteiger partial charge is 0.486 e. The summed E-state index contributed by atoms with van der Waals surface area (Å²) < 4.78 is 45.5. The molecule has 1 aromatic heterocycles. The van der Waals surface area contributed by atoms with Gasteiger partial charge in [0.05, 0.1) is 5.56 Å². The Morgan fingerprint density at radius 3 is 2.63 bits per heavy atom. The van der Waals surface area contributed by atoms with Gasteiger partial charge in [-0.3, -0.25) is 0 Å². The molecule has 0 aliphatic carbocycles. The quantitative estimate of drug-likeness (QED) is 0.510. The van der Waals surface area contributed by atoms with Gasteiger partial charge in [-0.25, -0.2) is 0 Å². The van der Waals surface area contributed by atoms with Crippen LogP contribution in [0.1, 0.15) is 17.0 Å². The molecule has 2 aromatic carbocycles. The van der Waals surface area contributed by atoms with E-state index in [0.29, 0.717) is 21.8 Å². The number of hydrogen-bond donors (Lipinski definition) is 0. The lowest BCUT2D eigenvalue weighted by atomic mass is 10.2. The molecule has 0 aliphatic heterocycles. The van der Waals surface area contributed by atoms with Crippen LogP contribution in [0.2, 0.25) is 5.02 Å². The van der Waals surface area contributed by atoms with E-state index in [1.807, 2.05) is 24.3 Å². The van der Waals surface area contributed by atoms with Crippen LogP contribution in [0.4, 0.5) is 13.2 Å². The summed E-state index contributed by atoms with van der Waals surface area (Å²) in [6.45, 7) is 0.0114. The van der Waals surface area contributed by atoms with Gasteiger partial charge in [0.2, 0.25) is 0 Å². The van der Waals surface area contributed by atoms with Crippen LogP contribution in [0.3, 0.4) is 0 Å². The summed E-state index contributed by atoms with van der Waals surface area (Å²) >= 11 is 7.60. The van der Waals surface area contributed by atoms with Crippen molar-refractivity contribution in [3.63, 3.8) is 0 Å². The van der Waals surface area contributed by atoms with Crippen LogP contribution in [0, 0.1) is 0 Å². The Balaban J connectivity index is 1.63. The molecule has 27 heavy (non-hydrogen) atoms. The van der Waals surface area contributed by atoms with Crippen molar-refractivity contribution in [1.29, 1.82) is 0 Å². The highest BCUT2D eigenvalue weighted by Crippen LogP contribution is 2.31. The van der Waals surface area contributed by atoms with Crippen molar-refractivity contribution in [2.75, 3.05) is 0 Å². The minimum atomic E-state index is -4.41. The average molecular weight is 414 g/mol. The number of hydrogen-bond acceptors (Lipinski definition) is 4. The Morgan fingerprint density at radius 2 is 1.89 bits per heavy atom. The van der Waals surface area contributed by atoms with Crippen molar-refractivity contribution < 1.29 is 17.9 Å². The summed E-state index contributed by atoms with van der Waals surface area (Å²) in [4.78, 5) is 0. The summed E-state index contributed by atoms with van der Waals surface area (Å²) in [5, 5.41) is 9.50.